The van der Waals surface area contributed by atoms with Crippen molar-refractivity contribution in [1.29, 1.82) is 0 Å². The van der Waals surface area contributed by atoms with E-state index < -0.39 is 5.67 Å². The van der Waals surface area contributed by atoms with E-state index in [9.17, 15) is 4.39 Å². The van der Waals surface area contributed by atoms with E-state index in [4.69, 9.17) is 5.73 Å². The Bertz CT molecular complexity index is 298. The van der Waals surface area contributed by atoms with E-state index >= 15 is 0 Å². The van der Waals surface area contributed by atoms with E-state index in [0.717, 1.165) is 12.1 Å². The molecule has 0 fully saturated rings. The van der Waals surface area contributed by atoms with Crippen LogP contribution in [0.4, 0.5) is 4.39 Å². The van der Waals surface area contributed by atoms with Crippen LogP contribution >= 0.6 is 0 Å². The molecule has 0 aliphatic rings. The zero-order valence-corrected chi connectivity index (χ0v) is 9.54. The second-order valence-corrected chi connectivity index (χ2v) is 4.05. The van der Waals surface area contributed by atoms with Gasteiger partial charge >= 0.3 is 0 Å². The van der Waals surface area contributed by atoms with E-state index in [2.05, 4.69) is 5.10 Å². The molecule has 1 atom stereocenters. The van der Waals surface area contributed by atoms with Gasteiger partial charge in [0, 0.05) is 25.5 Å². The molecule has 1 rings (SSSR count). The summed E-state index contributed by atoms with van der Waals surface area (Å²) in [6.07, 6.45) is 4.29. The largest absolute Gasteiger partial charge is 0.328 e. The van der Waals surface area contributed by atoms with Crippen molar-refractivity contribution in [1.82, 2.24) is 9.78 Å². The summed E-state index contributed by atoms with van der Waals surface area (Å²) in [6, 6.07) is 1.92. The average molecular weight is 213 g/mol. The molecule has 0 saturated carbocycles. The van der Waals surface area contributed by atoms with Crippen molar-refractivity contribution in [2.24, 2.45) is 12.8 Å². The van der Waals surface area contributed by atoms with Crippen LogP contribution in [0.2, 0.25) is 0 Å². The number of hydrogen-bond donors (Lipinski definition) is 1. The number of aromatic nitrogens is 2. The molecule has 0 saturated heterocycles. The highest BCUT2D eigenvalue weighted by molar-refractivity contribution is 5.01. The molecule has 1 heterocycles. The number of aryl methyl sites for hydroxylation is 2. The van der Waals surface area contributed by atoms with Gasteiger partial charge in [-0.05, 0) is 25.3 Å². The minimum Gasteiger partial charge on any atom is -0.328 e. The summed E-state index contributed by atoms with van der Waals surface area (Å²) in [5.74, 6) is 0. The van der Waals surface area contributed by atoms with Crippen LogP contribution in [-0.4, -0.2) is 22.0 Å². The zero-order valence-electron chi connectivity index (χ0n) is 9.54. The predicted molar refractivity (Wildman–Crippen MR) is 59.3 cm³/mol. The molecule has 86 valence electrons. The molecule has 15 heavy (non-hydrogen) atoms. The molecule has 0 spiro atoms. The van der Waals surface area contributed by atoms with Gasteiger partial charge in [-0.25, -0.2) is 4.39 Å². The Hall–Kier alpha value is -0.900. The monoisotopic (exact) mass is 213 g/mol. The van der Waals surface area contributed by atoms with Gasteiger partial charge in [0.2, 0.25) is 0 Å². The van der Waals surface area contributed by atoms with Gasteiger partial charge in [-0.1, -0.05) is 13.3 Å². The Labute approximate surface area is 90.5 Å². The first-order chi connectivity index (χ1) is 7.11. The molecule has 0 bridgehead atoms. The quantitative estimate of drug-likeness (QED) is 0.783. The van der Waals surface area contributed by atoms with E-state index in [-0.39, 0.29) is 6.54 Å². The number of nitrogens with zero attached hydrogens (tertiary/aromatic N) is 2. The minimum atomic E-state index is -1.21. The number of alkyl halides is 1. The van der Waals surface area contributed by atoms with Crippen LogP contribution in [-0.2, 0) is 13.5 Å². The van der Waals surface area contributed by atoms with Gasteiger partial charge in [0.15, 0.2) is 0 Å². The maximum absolute atomic E-state index is 14.1. The second-order valence-electron chi connectivity index (χ2n) is 4.05. The van der Waals surface area contributed by atoms with E-state index in [1.165, 1.54) is 0 Å². The maximum atomic E-state index is 14.1. The van der Waals surface area contributed by atoms with Crippen LogP contribution in [0.3, 0.4) is 0 Å². The second kappa shape index (κ2) is 5.26. The standard InChI is InChI=1S/C11H20FN3/c1-3-6-11(12,9-13)7-4-10-5-8-14-15(10)2/h5,8H,3-4,6-7,9,13H2,1-2H3. The van der Waals surface area contributed by atoms with Crippen molar-refractivity contribution in [3.05, 3.63) is 18.0 Å². The molecule has 1 unspecified atom stereocenters. The fraction of sp³-hybridized carbons (Fsp3) is 0.727. The normalized spacial score (nSPS) is 15.2. The summed E-state index contributed by atoms with van der Waals surface area (Å²) in [5.41, 5.74) is 5.32. The van der Waals surface area contributed by atoms with Crippen LogP contribution in [0.15, 0.2) is 12.3 Å². The summed E-state index contributed by atoms with van der Waals surface area (Å²) in [4.78, 5) is 0. The molecule has 4 heteroatoms. The van der Waals surface area contributed by atoms with E-state index in [1.807, 2.05) is 20.0 Å². The van der Waals surface area contributed by atoms with Gasteiger partial charge in [-0.15, -0.1) is 0 Å². The van der Waals surface area contributed by atoms with Gasteiger partial charge < -0.3 is 5.73 Å². The molecule has 0 radical (unpaired) electrons. The SMILES string of the molecule is CCCC(F)(CN)CCc1ccnn1C. The highest BCUT2D eigenvalue weighted by Crippen LogP contribution is 2.23. The summed E-state index contributed by atoms with van der Waals surface area (Å²) >= 11 is 0. The topological polar surface area (TPSA) is 43.8 Å². The van der Waals surface area contributed by atoms with Crippen molar-refractivity contribution in [3.63, 3.8) is 0 Å². The van der Waals surface area contributed by atoms with Gasteiger partial charge in [0.05, 0.1) is 0 Å². The summed E-state index contributed by atoms with van der Waals surface area (Å²) in [7, 11) is 1.87. The smallest absolute Gasteiger partial charge is 0.123 e. The number of halogens is 1. The molecule has 1 aromatic rings. The molecular weight excluding hydrogens is 193 g/mol. The van der Waals surface area contributed by atoms with Crippen LogP contribution in [0.1, 0.15) is 31.9 Å². The Balaban J connectivity index is 2.51. The number of rotatable bonds is 6. The fourth-order valence-corrected chi connectivity index (χ4v) is 1.78. The van der Waals surface area contributed by atoms with Crippen LogP contribution < -0.4 is 5.73 Å². The molecule has 0 aromatic carbocycles. The first-order valence-corrected chi connectivity index (χ1v) is 5.47. The molecule has 0 aliphatic carbocycles. The Morgan fingerprint density at radius 3 is 2.73 bits per heavy atom. The Kier molecular flexibility index (Phi) is 4.27. The van der Waals surface area contributed by atoms with Gasteiger partial charge in [0.1, 0.15) is 5.67 Å². The lowest BCUT2D eigenvalue weighted by Crippen LogP contribution is -2.33. The van der Waals surface area contributed by atoms with E-state index in [1.54, 1.807) is 10.9 Å². The molecule has 2 N–H and O–H groups in total. The third-order valence-corrected chi connectivity index (χ3v) is 2.82. The van der Waals surface area contributed by atoms with Crippen LogP contribution in [0, 0.1) is 0 Å². The third kappa shape index (κ3) is 3.30. The fourth-order valence-electron chi connectivity index (χ4n) is 1.78. The number of nitrogens with two attached hydrogens (primary N) is 1. The lowest BCUT2D eigenvalue weighted by molar-refractivity contribution is 0.145. The highest BCUT2D eigenvalue weighted by atomic mass is 19.1. The zero-order chi connectivity index (χ0) is 11.3. The lowest BCUT2D eigenvalue weighted by Gasteiger charge is -2.22. The third-order valence-electron chi connectivity index (χ3n) is 2.82. The minimum absolute atomic E-state index is 0.110. The lowest BCUT2D eigenvalue weighted by atomic mass is 9.94. The van der Waals surface area contributed by atoms with Crippen molar-refractivity contribution in [2.45, 2.75) is 38.3 Å². The summed E-state index contributed by atoms with van der Waals surface area (Å²) in [5, 5.41) is 4.05. The predicted octanol–water partition coefficient (Wildman–Crippen LogP) is 1.82. The maximum Gasteiger partial charge on any atom is 0.123 e. The Morgan fingerprint density at radius 1 is 1.53 bits per heavy atom. The van der Waals surface area contributed by atoms with Crippen molar-refractivity contribution < 1.29 is 4.39 Å². The number of hydrogen-bond acceptors (Lipinski definition) is 2. The molecule has 1 aromatic heterocycles. The molecule has 0 aliphatic heterocycles. The first kappa shape index (κ1) is 12.2. The van der Waals surface area contributed by atoms with Gasteiger partial charge in [0.25, 0.3) is 0 Å². The van der Waals surface area contributed by atoms with Crippen molar-refractivity contribution >= 4 is 0 Å². The van der Waals surface area contributed by atoms with Gasteiger partial charge in [-0.2, -0.15) is 5.10 Å². The Morgan fingerprint density at radius 2 is 2.27 bits per heavy atom. The summed E-state index contributed by atoms with van der Waals surface area (Å²) < 4.78 is 15.9. The highest BCUT2D eigenvalue weighted by Gasteiger charge is 2.26. The first-order valence-electron chi connectivity index (χ1n) is 5.47. The summed E-state index contributed by atoms with van der Waals surface area (Å²) in [6.45, 7) is 2.09. The molecule has 3 nitrogen and oxygen atoms in total. The molecule has 0 amide bonds. The van der Waals surface area contributed by atoms with E-state index in [0.29, 0.717) is 19.3 Å². The van der Waals surface area contributed by atoms with Gasteiger partial charge in [-0.3, -0.25) is 4.68 Å². The van der Waals surface area contributed by atoms with Crippen molar-refractivity contribution in [2.75, 3.05) is 6.54 Å². The van der Waals surface area contributed by atoms with Crippen LogP contribution in [0.5, 0.6) is 0 Å². The average Bonchev–Trinajstić information content (AvgIpc) is 2.62. The van der Waals surface area contributed by atoms with Crippen molar-refractivity contribution in [3.8, 4) is 0 Å². The molecular formula is C11H20FN3. The van der Waals surface area contributed by atoms with Crippen LogP contribution in [0.25, 0.3) is 0 Å².